The van der Waals surface area contributed by atoms with E-state index in [1.54, 1.807) is 0 Å². The summed E-state index contributed by atoms with van der Waals surface area (Å²) >= 11 is 0. The van der Waals surface area contributed by atoms with Crippen molar-refractivity contribution in [2.75, 3.05) is 337 Å². The highest BCUT2D eigenvalue weighted by Gasteiger charge is 2.44. The molecule has 17 fully saturated rings. The van der Waals surface area contributed by atoms with Crippen molar-refractivity contribution in [2.24, 2.45) is 65.1 Å². The Morgan fingerprint density at radius 2 is 0.615 bits per heavy atom. The fraction of sp³-hybridized carbons (Fsp3) is 1.00. The number of piperazine rings is 7. The molecule has 22 nitrogen and oxygen atoms in total. The molecule has 0 aromatic rings. The molecule has 0 saturated carbocycles. The molecule has 17 aliphatic heterocycles. The molecule has 0 aliphatic carbocycles. The molecule has 22 heteroatoms. The molecular formula is C113H239N19O3. The number of hydrogen-bond acceptors (Lipinski definition) is 22. The van der Waals surface area contributed by atoms with E-state index >= 15 is 0 Å². The van der Waals surface area contributed by atoms with Crippen LogP contribution in [0.1, 0.15) is 284 Å². The fourth-order valence-corrected chi connectivity index (χ4v) is 22.8. The number of morpholine rings is 2. The molecule has 0 aromatic carbocycles. The van der Waals surface area contributed by atoms with Crippen molar-refractivity contribution in [1.29, 1.82) is 0 Å². The van der Waals surface area contributed by atoms with Crippen LogP contribution in [-0.2, 0) is 9.47 Å². The number of aliphatic hydroxyl groups excluding tert-OH is 1. The maximum atomic E-state index is 8.79. The molecule has 17 saturated heterocycles. The van der Waals surface area contributed by atoms with Gasteiger partial charge in [0.05, 0.1) is 33.0 Å². The standard InChI is InChI=1S/2C11H22N2.C10H22N2O.C10H20N2.C10H22N2.C10H21N.C9H20N2.2C9H19N.C8H18N2.2C8H17NO/c1-11(2,3)13-8-9-5-6-10(13)7-12(9)4;1-9(2)6-13-7-10-4-5-11(8-13)12(10)3;1-10(2,3)12-6-4-11(5-7-12)8-9-13;1-8(2)5-12-6-9-4-10(7-12)11(9)3;1-5-11-6-8-12(9-7-11)10(2,3)4;1-9(2)8-10-4-6-11(3)7-5-10;1-9(2)8-11-6-4-10(3)5-7-11;1-8(2)7-9-3-5-10-6-4-9;1-9(2)8-10-6-4-3-5-7-10;1-8(2)7-10-5-3-9-4-6-10;2*1-8(2)7-9-3-5-10-6-4-9/h9-10H,5-8H2,1-4H3;9-11H,4-8H2,1-3H3;13H,4-9H2,1-3H3;8-10H,4-7H2,1-3H3;5-9H2,1-4H3;9-10H,4-8H2,1-3H3;9H,4-8H2,1-3H3;8-10H,3-7H2,1-2H3;9H,3-8H2,1-2H3;8-9H,3-7H2,1-2H3;2*8H,3-7H2,1-2H3. The van der Waals surface area contributed by atoms with Crippen LogP contribution in [0.5, 0.6) is 0 Å². The van der Waals surface area contributed by atoms with Crippen molar-refractivity contribution < 1.29 is 14.6 Å². The molecule has 17 heterocycles. The summed E-state index contributed by atoms with van der Waals surface area (Å²) in [7, 11) is 11.3. The van der Waals surface area contributed by atoms with Gasteiger partial charge >= 0.3 is 0 Å². The zero-order valence-electron chi connectivity index (χ0n) is 96.6. The van der Waals surface area contributed by atoms with Crippen molar-refractivity contribution in [1.82, 2.24) is 93.9 Å². The van der Waals surface area contributed by atoms with Crippen LogP contribution in [0.25, 0.3) is 0 Å². The minimum absolute atomic E-state index is 0.287. The molecule has 6 atom stereocenters. The van der Waals surface area contributed by atoms with Gasteiger partial charge in [-0.05, 0) is 292 Å². The third-order valence-corrected chi connectivity index (χ3v) is 30.5. The Morgan fingerprint density at radius 3 is 0.963 bits per heavy atom. The first-order valence-corrected chi connectivity index (χ1v) is 57.2. The highest BCUT2D eigenvalue weighted by molar-refractivity contribution is 5.00. The molecule has 3 N–H and O–H groups in total. The van der Waals surface area contributed by atoms with Crippen molar-refractivity contribution in [3.8, 4) is 0 Å². The molecular weight excluding hydrogens is 1670 g/mol. The van der Waals surface area contributed by atoms with Gasteiger partial charge < -0.3 is 59.5 Å². The Hall–Kier alpha value is -0.880. The number of piperidine rings is 6. The molecule has 6 unspecified atom stereocenters. The monoisotopic (exact) mass is 1910 g/mol. The first kappa shape index (κ1) is 126. The lowest BCUT2D eigenvalue weighted by Crippen LogP contribution is -2.67. The van der Waals surface area contributed by atoms with Gasteiger partial charge in [0.1, 0.15) is 0 Å². The molecule has 0 aromatic heterocycles. The number of ether oxygens (including phenoxy) is 2. The van der Waals surface area contributed by atoms with E-state index in [2.05, 4.69) is 323 Å². The Morgan fingerprint density at radius 1 is 0.289 bits per heavy atom. The average molecular weight is 1910 g/mol. The summed E-state index contributed by atoms with van der Waals surface area (Å²) < 4.78 is 10.5. The minimum Gasteiger partial charge on any atom is -0.395 e. The third kappa shape index (κ3) is 57.1. The van der Waals surface area contributed by atoms with Crippen molar-refractivity contribution in [3.05, 3.63) is 0 Å². The van der Waals surface area contributed by atoms with E-state index in [1.165, 1.54) is 299 Å². The molecule has 6 bridgehead atoms. The number of aliphatic hydroxyl groups is 1. The summed E-state index contributed by atoms with van der Waals surface area (Å²) in [5, 5.41) is 15.5. The van der Waals surface area contributed by atoms with Crippen molar-refractivity contribution in [2.45, 2.75) is 337 Å². The Bertz CT molecular complexity index is 2570. The van der Waals surface area contributed by atoms with Gasteiger partial charge in [0.2, 0.25) is 0 Å². The van der Waals surface area contributed by atoms with E-state index in [9.17, 15) is 0 Å². The fourth-order valence-electron chi connectivity index (χ4n) is 22.8. The van der Waals surface area contributed by atoms with E-state index in [0.717, 1.165) is 187 Å². The second-order valence-corrected chi connectivity index (χ2v) is 51.0. The topological polar surface area (TPSA) is 118 Å². The molecule has 17 aliphatic rings. The maximum Gasteiger partial charge on any atom is 0.0594 e. The Kier molecular flexibility index (Phi) is 64.9. The Balaban J connectivity index is 0.000000308. The first-order chi connectivity index (χ1) is 63.7. The van der Waals surface area contributed by atoms with Gasteiger partial charge in [0.25, 0.3) is 0 Å². The number of likely N-dealkylation sites (tertiary alicyclic amines) is 3. The molecule has 804 valence electrons. The molecule has 17 rings (SSSR count). The van der Waals surface area contributed by atoms with E-state index in [1.807, 2.05) is 0 Å². The van der Waals surface area contributed by atoms with Gasteiger partial charge in [-0.25, -0.2) is 0 Å². The highest BCUT2D eigenvalue weighted by atomic mass is 16.5. The number of fused-ring (bicyclic) bond motifs is 7. The van der Waals surface area contributed by atoms with Crippen molar-refractivity contribution >= 4 is 0 Å². The normalized spacial score (nSPS) is 26.3. The van der Waals surface area contributed by atoms with Gasteiger partial charge in [-0.1, -0.05) is 138 Å². The van der Waals surface area contributed by atoms with Gasteiger partial charge in [0.15, 0.2) is 0 Å². The molecule has 0 amide bonds. The van der Waals surface area contributed by atoms with E-state index in [4.69, 9.17) is 14.6 Å². The zero-order valence-corrected chi connectivity index (χ0v) is 96.6. The van der Waals surface area contributed by atoms with E-state index in [0.29, 0.717) is 16.6 Å². The number of likely N-dealkylation sites (N-methyl/N-ethyl adjacent to an activating group) is 5. The summed E-state index contributed by atoms with van der Waals surface area (Å²) in [6.45, 7) is 119. The lowest BCUT2D eigenvalue weighted by atomic mass is 9.87. The first-order valence-electron chi connectivity index (χ1n) is 57.2. The van der Waals surface area contributed by atoms with Gasteiger partial charge in [-0.15, -0.1) is 0 Å². The molecule has 0 spiro atoms. The summed E-state index contributed by atoms with van der Waals surface area (Å²) in [6, 6.07) is 5.11. The zero-order chi connectivity index (χ0) is 100. The van der Waals surface area contributed by atoms with Crippen LogP contribution in [0, 0.1) is 65.1 Å². The predicted molar refractivity (Wildman–Crippen MR) is 588 cm³/mol. The van der Waals surface area contributed by atoms with Crippen molar-refractivity contribution in [3.63, 3.8) is 0 Å². The molecule has 0 radical (unpaired) electrons. The second kappa shape index (κ2) is 69.3. The molecule has 135 heavy (non-hydrogen) atoms. The summed E-state index contributed by atoms with van der Waals surface area (Å²) in [6.07, 6.45) is 19.9. The van der Waals surface area contributed by atoms with Crippen LogP contribution in [0.3, 0.4) is 0 Å². The van der Waals surface area contributed by atoms with Gasteiger partial charge in [-0.3, -0.25) is 49.0 Å². The predicted octanol–water partition coefficient (Wildman–Crippen LogP) is 15.8. The number of hydrogen-bond donors (Lipinski definition) is 3. The van der Waals surface area contributed by atoms with Gasteiger partial charge in [-0.2, -0.15) is 0 Å². The summed E-state index contributed by atoms with van der Waals surface area (Å²) in [5.74, 6) is 9.53. The van der Waals surface area contributed by atoms with Crippen LogP contribution in [-0.4, -0.2) is 478 Å². The van der Waals surface area contributed by atoms with E-state index in [-0.39, 0.29) is 6.61 Å². The van der Waals surface area contributed by atoms with Crippen LogP contribution in [0.2, 0.25) is 0 Å². The van der Waals surface area contributed by atoms with Gasteiger partial charge in [0, 0.05) is 275 Å². The second-order valence-electron chi connectivity index (χ2n) is 51.0. The highest BCUT2D eigenvalue weighted by Crippen LogP contribution is 2.34. The number of rotatable bonds is 21. The van der Waals surface area contributed by atoms with Crippen LogP contribution < -0.4 is 10.6 Å². The van der Waals surface area contributed by atoms with Crippen LogP contribution in [0.4, 0.5) is 0 Å². The summed E-state index contributed by atoms with van der Waals surface area (Å²) in [5.41, 5.74) is 1.02. The number of nitrogens with zero attached hydrogens (tertiary/aromatic N) is 17. The minimum atomic E-state index is 0.287. The summed E-state index contributed by atoms with van der Waals surface area (Å²) in [4.78, 5) is 43.0. The van der Waals surface area contributed by atoms with Crippen LogP contribution in [0.15, 0.2) is 0 Å². The number of β-amino-alcohol motifs (C(OH)–C–C–N with tert-alkyl or cyclic N) is 1. The maximum absolute atomic E-state index is 8.79. The largest absolute Gasteiger partial charge is 0.395 e. The number of nitrogens with one attached hydrogen (secondary N) is 2. The lowest BCUT2D eigenvalue weighted by Gasteiger charge is -2.55. The third-order valence-electron chi connectivity index (χ3n) is 30.5. The average Bonchev–Trinajstić information content (AvgIpc) is 1.59. The quantitative estimate of drug-likeness (QED) is 0.101. The Labute approximate surface area is 842 Å². The smallest absolute Gasteiger partial charge is 0.0594 e. The van der Waals surface area contributed by atoms with E-state index < -0.39 is 0 Å². The van der Waals surface area contributed by atoms with Crippen LogP contribution >= 0.6 is 0 Å². The SMILES string of the molecule is CC(C)(C)N1CCN(CCO)CC1.CC(C)CC1CCN(C)CC1.CC(C)CC1CCNCC1.CC(C)CN1CC2CC(C1)N2C.CC(C)CN1CC2CCC(C1)N2C.CC(C)CN1CCCCC1.CC(C)CN1CCN(C)CC1.CC(C)CN1CCNCC1.CC(C)CN1CCOCC1.CC(C)CN1CCOCC1.CCN1CCN(C(C)(C)C)CC1.CN1CC2CCC1CN2C(C)(C)C. The lowest BCUT2D eigenvalue weighted by molar-refractivity contribution is -0.0533.